The van der Waals surface area contributed by atoms with Crippen LogP contribution < -0.4 is 11.3 Å². The molecule has 0 spiro atoms. The molecule has 0 bridgehead atoms. The van der Waals surface area contributed by atoms with Gasteiger partial charge in [-0.15, -0.1) is 0 Å². The molecule has 2 aromatic carbocycles. The molecule has 1 atom stereocenters. The van der Waals surface area contributed by atoms with Crippen LogP contribution in [0.4, 0.5) is 13.2 Å². The predicted molar refractivity (Wildman–Crippen MR) is 79.2 cm³/mol. The third-order valence-corrected chi connectivity index (χ3v) is 3.90. The standard InChI is InChI=1S/C14H12F3IN2/c15-9-2-3-10(13(18)7-9)14(20-19)6-8-1-4-11(16)12(17)5-8/h1-5,7,14,20H,6,19H2. The first-order valence-corrected chi connectivity index (χ1v) is 6.94. The second-order valence-electron chi connectivity index (χ2n) is 4.34. The van der Waals surface area contributed by atoms with Crippen molar-refractivity contribution in [2.75, 3.05) is 0 Å². The van der Waals surface area contributed by atoms with Crippen LogP contribution >= 0.6 is 22.6 Å². The third-order valence-electron chi connectivity index (χ3n) is 2.96. The lowest BCUT2D eigenvalue weighted by Gasteiger charge is -2.18. The van der Waals surface area contributed by atoms with Gasteiger partial charge in [-0.3, -0.25) is 11.3 Å². The minimum atomic E-state index is -0.896. The first-order chi connectivity index (χ1) is 9.51. The molecule has 2 aromatic rings. The van der Waals surface area contributed by atoms with Crippen LogP contribution in [0, 0.1) is 21.0 Å². The lowest BCUT2D eigenvalue weighted by molar-refractivity contribution is 0.502. The molecule has 2 rings (SSSR count). The lowest BCUT2D eigenvalue weighted by Crippen LogP contribution is -2.30. The summed E-state index contributed by atoms with van der Waals surface area (Å²) in [5.41, 5.74) is 4.03. The van der Waals surface area contributed by atoms with E-state index >= 15 is 0 Å². The van der Waals surface area contributed by atoms with Crippen molar-refractivity contribution in [2.45, 2.75) is 12.5 Å². The van der Waals surface area contributed by atoms with Gasteiger partial charge in [0.2, 0.25) is 0 Å². The van der Waals surface area contributed by atoms with E-state index in [1.165, 1.54) is 18.2 Å². The number of hydrazine groups is 1. The van der Waals surface area contributed by atoms with E-state index in [4.69, 9.17) is 5.84 Å². The highest BCUT2D eigenvalue weighted by molar-refractivity contribution is 14.1. The van der Waals surface area contributed by atoms with Crippen LogP contribution in [0.15, 0.2) is 36.4 Å². The SMILES string of the molecule is NNC(Cc1ccc(F)c(F)c1)c1ccc(F)cc1I. The Morgan fingerprint density at radius 2 is 1.80 bits per heavy atom. The fraction of sp³-hybridized carbons (Fsp3) is 0.143. The Kier molecular flexibility index (Phi) is 5.00. The van der Waals surface area contributed by atoms with Crippen LogP contribution in [0.25, 0.3) is 0 Å². The molecular weight excluding hydrogens is 380 g/mol. The van der Waals surface area contributed by atoms with Crippen LogP contribution in [0.2, 0.25) is 0 Å². The number of hydrogen-bond acceptors (Lipinski definition) is 2. The van der Waals surface area contributed by atoms with Crippen molar-refractivity contribution < 1.29 is 13.2 Å². The molecule has 0 aliphatic carbocycles. The van der Waals surface area contributed by atoms with E-state index in [9.17, 15) is 13.2 Å². The normalized spacial score (nSPS) is 12.4. The summed E-state index contributed by atoms with van der Waals surface area (Å²) in [5, 5.41) is 0. The molecule has 3 N–H and O–H groups in total. The van der Waals surface area contributed by atoms with Gasteiger partial charge < -0.3 is 0 Å². The smallest absolute Gasteiger partial charge is 0.159 e. The monoisotopic (exact) mass is 392 g/mol. The van der Waals surface area contributed by atoms with E-state index in [1.54, 1.807) is 6.07 Å². The number of nitrogens with two attached hydrogens (primary N) is 1. The van der Waals surface area contributed by atoms with E-state index in [2.05, 4.69) is 5.43 Å². The number of hydrogen-bond donors (Lipinski definition) is 2. The molecule has 0 aliphatic heterocycles. The Morgan fingerprint density at radius 3 is 2.40 bits per heavy atom. The molecule has 0 fully saturated rings. The maximum absolute atomic E-state index is 13.2. The second kappa shape index (κ2) is 6.55. The summed E-state index contributed by atoms with van der Waals surface area (Å²) < 4.78 is 39.9. The quantitative estimate of drug-likeness (QED) is 0.475. The summed E-state index contributed by atoms with van der Waals surface area (Å²) in [6, 6.07) is 7.76. The molecule has 2 nitrogen and oxygen atoms in total. The molecule has 0 saturated heterocycles. The van der Waals surface area contributed by atoms with Gasteiger partial charge in [0.15, 0.2) is 11.6 Å². The summed E-state index contributed by atoms with van der Waals surface area (Å²) in [5.74, 6) is 3.40. The van der Waals surface area contributed by atoms with Crippen LogP contribution in [-0.4, -0.2) is 0 Å². The van der Waals surface area contributed by atoms with Gasteiger partial charge in [-0.1, -0.05) is 12.1 Å². The Hall–Kier alpha value is -1.12. The van der Waals surface area contributed by atoms with Crippen molar-refractivity contribution in [3.63, 3.8) is 0 Å². The highest BCUT2D eigenvalue weighted by Gasteiger charge is 2.15. The van der Waals surface area contributed by atoms with E-state index in [0.717, 1.165) is 17.7 Å². The average Bonchev–Trinajstić information content (AvgIpc) is 2.41. The number of nitrogens with one attached hydrogen (secondary N) is 1. The van der Waals surface area contributed by atoms with Crippen molar-refractivity contribution in [2.24, 2.45) is 5.84 Å². The minimum absolute atomic E-state index is 0.313. The van der Waals surface area contributed by atoms with Gasteiger partial charge in [0.05, 0.1) is 6.04 Å². The van der Waals surface area contributed by atoms with Gasteiger partial charge in [0.1, 0.15) is 5.82 Å². The zero-order valence-electron chi connectivity index (χ0n) is 10.3. The third kappa shape index (κ3) is 3.50. The molecule has 0 radical (unpaired) electrons. The van der Waals surface area contributed by atoms with Gasteiger partial charge in [-0.25, -0.2) is 13.2 Å². The first-order valence-electron chi connectivity index (χ1n) is 5.86. The van der Waals surface area contributed by atoms with Gasteiger partial charge in [-0.05, 0) is 64.4 Å². The Bertz CT molecular complexity index is 619. The highest BCUT2D eigenvalue weighted by Crippen LogP contribution is 2.24. The van der Waals surface area contributed by atoms with E-state index in [1.807, 2.05) is 22.6 Å². The van der Waals surface area contributed by atoms with Crippen LogP contribution in [-0.2, 0) is 6.42 Å². The predicted octanol–water partition coefficient (Wildman–Crippen LogP) is 3.46. The first kappa shape index (κ1) is 15.3. The Labute approximate surface area is 128 Å². The molecule has 0 aromatic heterocycles. The molecule has 0 aliphatic rings. The molecule has 20 heavy (non-hydrogen) atoms. The van der Waals surface area contributed by atoms with Gasteiger partial charge >= 0.3 is 0 Å². The van der Waals surface area contributed by atoms with Gasteiger partial charge in [0, 0.05) is 3.57 Å². The fourth-order valence-corrected chi connectivity index (χ4v) is 2.80. The highest BCUT2D eigenvalue weighted by atomic mass is 127. The van der Waals surface area contributed by atoms with Gasteiger partial charge in [0.25, 0.3) is 0 Å². The Balaban J connectivity index is 2.26. The number of rotatable bonds is 4. The van der Waals surface area contributed by atoms with Crippen molar-refractivity contribution in [3.8, 4) is 0 Å². The molecule has 106 valence electrons. The maximum atomic E-state index is 13.2. The number of benzene rings is 2. The topological polar surface area (TPSA) is 38.0 Å². The molecule has 0 saturated carbocycles. The van der Waals surface area contributed by atoms with E-state index < -0.39 is 11.6 Å². The molecule has 0 amide bonds. The molecule has 0 heterocycles. The fourth-order valence-electron chi connectivity index (χ4n) is 1.95. The van der Waals surface area contributed by atoms with Crippen LogP contribution in [0.1, 0.15) is 17.2 Å². The van der Waals surface area contributed by atoms with Crippen molar-refractivity contribution in [1.82, 2.24) is 5.43 Å². The minimum Gasteiger partial charge on any atom is -0.271 e. The van der Waals surface area contributed by atoms with Crippen molar-refractivity contribution >= 4 is 22.6 Å². The van der Waals surface area contributed by atoms with E-state index in [-0.39, 0.29) is 11.9 Å². The average molecular weight is 392 g/mol. The van der Waals surface area contributed by atoms with E-state index in [0.29, 0.717) is 15.6 Å². The summed E-state index contributed by atoms with van der Waals surface area (Å²) in [7, 11) is 0. The second-order valence-corrected chi connectivity index (χ2v) is 5.50. The summed E-state index contributed by atoms with van der Waals surface area (Å²) in [4.78, 5) is 0. The molecule has 1 unspecified atom stereocenters. The molecule has 6 heteroatoms. The van der Waals surface area contributed by atoms with Crippen LogP contribution in [0.3, 0.4) is 0 Å². The Morgan fingerprint density at radius 1 is 1.05 bits per heavy atom. The molecular formula is C14H12F3IN2. The van der Waals surface area contributed by atoms with Crippen molar-refractivity contribution in [1.29, 1.82) is 0 Å². The summed E-state index contributed by atoms with van der Waals surface area (Å²) >= 11 is 2.01. The summed E-state index contributed by atoms with van der Waals surface area (Å²) in [6.07, 6.45) is 0.370. The largest absolute Gasteiger partial charge is 0.271 e. The van der Waals surface area contributed by atoms with Crippen molar-refractivity contribution in [3.05, 3.63) is 68.5 Å². The zero-order valence-corrected chi connectivity index (χ0v) is 12.5. The number of halogens is 4. The lowest BCUT2D eigenvalue weighted by atomic mass is 9.99. The summed E-state index contributed by atoms with van der Waals surface area (Å²) in [6.45, 7) is 0. The maximum Gasteiger partial charge on any atom is 0.159 e. The van der Waals surface area contributed by atoms with Crippen LogP contribution in [0.5, 0.6) is 0 Å². The van der Waals surface area contributed by atoms with Gasteiger partial charge in [-0.2, -0.15) is 0 Å². The zero-order chi connectivity index (χ0) is 14.7.